The number of rotatable bonds is 6. The Kier molecular flexibility index (Phi) is 5.58. The molecule has 3 rings (SSSR count). The minimum absolute atomic E-state index is 0.269. The van der Waals surface area contributed by atoms with Crippen molar-refractivity contribution >= 4 is 26.7 Å². The van der Waals surface area contributed by atoms with Gasteiger partial charge in [-0.3, -0.25) is 4.90 Å². The van der Waals surface area contributed by atoms with Gasteiger partial charge in [-0.15, -0.1) is 0 Å². The summed E-state index contributed by atoms with van der Waals surface area (Å²) in [4.78, 5) is 13.0. The molecule has 1 unspecified atom stereocenters. The lowest BCUT2D eigenvalue weighted by atomic mass is 10.1. The lowest BCUT2D eigenvalue weighted by Crippen LogP contribution is -2.52. The molecule has 1 aliphatic rings. The molecule has 3 heterocycles. The fourth-order valence-corrected chi connectivity index (χ4v) is 4.39. The van der Waals surface area contributed by atoms with E-state index >= 15 is 0 Å². The number of piperazine rings is 1. The second-order valence-electron chi connectivity index (χ2n) is 7.79. The van der Waals surface area contributed by atoms with Crippen LogP contribution < -0.4 is 4.90 Å². The number of hydrogen-bond acceptors (Lipinski definition) is 5. The molecule has 0 aliphatic carbocycles. The predicted octanol–water partition coefficient (Wildman–Crippen LogP) is 2.63. The molecule has 1 saturated heterocycles. The van der Waals surface area contributed by atoms with Crippen LogP contribution >= 0.6 is 0 Å². The lowest BCUT2D eigenvalue weighted by molar-refractivity contribution is 0.229. The molecule has 7 heteroatoms. The van der Waals surface area contributed by atoms with E-state index in [1.54, 1.807) is 0 Å². The zero-order chi connectivity index (χ0) is 18.9. The Hall–Kier alpha value is -1.60. The highest BCUT2D eigenvalue weighted by Gasteiger charge is 2.25. The number of hydrogen-bond donors (Lipinski definition) is 1. The number of sulfone groups is 1. The lowest BCUT2D eigenvalue weighted by Gasteiger charge is -2.40. The molecule has 1 atom stereocenters. The van der Waals surface area contributed by atoms with E-state index in [-0.39, 0.29) is 5.75 Å². The van der Waals surface area contributed by atoms with E-state index in [1.165, 1.54) is 11.8 Å². The van der Waals surface area contributed by atoms with Crippen LogP contribution in [0.1, 0.15) is 38.7 Å². The molecule has 0 amide bonds. The first-order valence-corrected chi connectivity index (χ1v) is 11.5. The van der Waals surface area contributed by atoms with Gasteiger partial charge in [-0.2, -0.15) is 0 Å². The maximum absolute atomic E-state index is 11.3. The summed E-state index contributed by atoms with van der Waals surface area (Å²) < 4.78 is 22.6. The third-order valence-corrected chi connectivity index (χ3v) is 6.18. The van der Waals surface area contributed by atoms with Gasteiger partial charge in [0.2, 0.25) is 0 Å². The van der Waals surface area contributed by atoms with Gasteiger partial charge in [-0.25, -0.2) is 13.4 Å². The van der Waals surface area contributed by atoms with E-state index in [4.69, 9.17) is 4.98 Å². The van der Waals surface area contributed by atoms with Crippen LogP contribution in [0.4, 0.5) is 5.82 Å². The summed E-state index contributed by atoms with van der Waals surface area (Å²) in [6.07, 6.45) is 4.08. The largest absolute Gasteiger partial charge is 0.360 e. The normalized spacial score (nSPS) is 19.6. The highest BCUT2D eigenvalue weighted by Crippen LogP contribution is 2.27. The van der Waals surface area contributed by atoms with Crippen LogP contribution in [0.25, 0.3) is 11.0 Å². The second-order valence-corrected chi connectivity index (χ2v) is 10.1. The third-order valence-electron chi connectivity index (χ3n) is 5.15. The third kappa shape index (κ3) is 4.38. The molecule has 2 aromatic rings. The number of pyridine rings is 1. The van der Waals surface area contributed by atoms with Crippen LogP contribution in [-0.2, 0) is 9.84 Å². The monoisotopic (exact) mass is 378 g/mol. The molecule has 0 saturated carbocycles. The van der Waals surface area contributed by atoms with Crippen molar-refractivity contribution in [2.75, 3.05) is 43.1 Å². The topological polar surface area (TPSA) is 69.3 Å². The number of nitrogens with one attached hydrogen (secondary N) is 1. The first kappa shape index (κ1) is 19.2. The summed E-state index contributed by atoms with van der Waals surface area (Å²) in [7, 11) is -2.87. The number of aromatic amines is 1. The van der Waals surface area contributed by atoms with E-state index < -0.39 is 9.84 Å². The highest BCUT2D eigenvalue weighted by molar-refractivity contribution is 7.90. The van der Waals surface area contributed by atoms with Gasteiger partial charge in [0.15, 0.2) is 0 Å². The van der Waals surface area contributed by atoms with Crippen LogP contribution in [0.15, 0.2) is 18.3 Å². The van der Waals surface area contributed by atoms with Gasteiger partial charge in [-0.05, 0) is 43.5 Å². The van der Waals surface area contributed by atoms with Gasteiger partial charge in [0.05, 0.1) is 16.8 Å². The van der Waals surface area contributed by atoms with Gasteiger partial charge < -0.3 is 9.88 Å². The molecule has 6 nitrogen and oxygen atoms in total. The molecular weight excluding hydrogens is 348 g/mol. The maximum Gasteiger partial charge on any atom is 0.147 e. The molecule has 0 aromatic carbocycles. The van der Waals surface area contributed by atoms with E-state index in [2.05, 4.69) is 53.9 Å². The fourth-order valence-electron chi connectivity index (χ4n) is 3.74. The van der Waals surface area contributed by atoms with Gasteiger partial charge in [0.1, 0.15) is 15.7 Å². The summed E-state index contributed by atoms with van der Waals surface area (Å²) in [5, 5.41) is 0. The van der Waals surface area contributed by atoms with Crippen molar-refractivity contribution in [1.82, 2.24) is 14.9 Å². The first-order chi connectivity index (χ1) is 12.2. The summed E-state index contributed by atoms with van der Waals surface area (Å²) in [6.45, 7) is 10.2. The Morgan fingerprint density at radius 1 is 1.31 bits per heavy atom. The van der Waals surface area contributed by atoms with Gasteiger partial charge in [-0.1, -0.05) is 13.8 Å². The summed E-state index contributed by atoms with van der Waals surface area (Å²) >= 11 is 0. The Balaban J connectivity index is 1.67. The SMILES string of the molecule is CC(C)c1c[nH]c2ccc(N3CCN(CCCS(C)(=O)=O)CC3C)nc12. The van der Waals surface area contributed by atoms with E-state index in [1.807, 2.05) is 0 Å². The van der Waals surface area contributed by atoms with Crippen LogP contribution in [0.2, 0.25) is 0 Å². The Labute approximate surface area is 156 Å². The molecule has 0 radical (unpaired) electrons. The number of H-pyrrole nitrogens is 1. The van der Waals surface area contributed by atoms with Crippen LogP contribution in [0.3, 0.4) is 0 Å². The van der Waals surface area contributed by atoms with Crippen molar-refractivity contribution in [2.45, 2.75) is 39.2 Å². The van der Waals surface area contributed by atoms with Gasteiger partial charge in [0, 0.05) is 38.1 Å². The Bertz CT molecular complexity index is 860. The molecule has 1 aliphatic heterocycles. The summed E-state index contributed by atoms with van der Waals surface area (Å²) in [5.41, 5.74) is 3.42. The van der Waals surface area contributed by atoms with E-state index in [0.29, 0.717) is 18.4 Å². The van der Waals surface area contributed by atoms with E-state index in [0.717, 1.165) is 43.0 Å². The van der Waals surface area contributed by atoms with E-state index in [9.17, 15) is 8.42 Å². The van der Waals surface area contributed by atoms with Crippen LogP contribution in [0.5, 0.6) is 0 Å². The van der Waals surface area contributed by atoms with Crippen molar-refractivity contribution in [1.29, 1.82) is 0 Å². The van der Waals surface area contributed by atoms with Crippen LogP contribution in [0, 0.1) is 0 Å². The Morgan fingerprint density at radius 2 is 2.08 bits per heavy atom. The summed E-state index contributed by atoms with van der Waals surface area (Å²) in [5.74, 6) is 1.74. The number of nitrogens with zero attached hydrogens (tertiary/aromatic N) is 3. The molecule has 1 fully saturated rings. The maximum atomic E-state index is 11.3. The minimum atomic E-state index is -2.87. The van der Waals surface area contributed by atoms with Crippen molar-refractivity contribution < 1.29 is 8.42 Å². The fraction of sp³-hybridized carbons (Fsp3) is 0.632. The van der Waals surface area contributed by atoms with Crippen molar-refractivity contribution in [3.63, 3.8) is 0 Å². The number of fused-ring (bicyclic) bond motifs is 1. The highest BCUT2D eigenvalue weighted by atomic mass is 32.2. The molecule has 0 spiro atoms. The second kappa shape index (κ2) is 7.56. The molecule has 0 bridgehead atoms. The molecule has 26 heavy (non-hydrogen) atoms. The standard InChI is InChI=1S/C19H30N4O2S/c1-14(2)16-12-20-17-6-7-18(21-19(16)17)23-10-9-22(13-15(23)3)8-5-11-26(4,24)25/h6-7,12,14-15,20H,5,8-11,13H2,1-4H3. The molecular formula is C19H30N4O2S. The van der Waals surface area contributed by atoms with Crippen molar-refractivity contribution in [3.8, 4) is 0 Å². The Morgan fingerprint density at radius 3 is 2.73 bits per heavy atom. The number of anilines is 1. The first-order valence-electron chi connectivity index (χ1n) is 9.39. The zero-order valence-electron chi connectivity index (χ0n) is 16.2. The van der Waals surface area contributed by atoms with Crippen molar-refractivity contribution in [2.24, 2.45) is 0 Å². The van der Waals surface area contributed by atoms with Crippen molar-refractivity contribution in [3.05, 3.63) is 23.9 Å². The quantitative estimate of drug-likeness (QED) is 0.837. The smallest absolute Gasteiger partial charge is 0.147 e. The van der Waals surface area contributed by atoms with Gasteiger partial charge >= 0.3 is 0 Å². The van der Waals surface area contributed by atoms with Gasteiger partial charge in [0.25, 0.3) is 0 Å². The molecule has 2 aromatic heterocycles. The number of aromatic nitrogens is 2. The predicted molar refractivity (Wildman–Crippen MR) is 108 cm³/mol. The minimum Gasteiger partial charge on any atom is -0.360 e. The molecule has 1 N–H and O–H groups in total. The average Bonchev–Trinajstić information content (AvgIpc) is 2.97. The summed E-state index contributed by atoms with van der Waals surface area (Å²) in [6, 6.07) is 4.57. The molecule has 144 valence electrons. The van der Waals surface area contributed by atoms with Crippen LogP contribution in [-0.4, -0.2) is 67.5 Å². The average molecular weight is 379 g/mol. The zero-order valence-corrected chi connectivity index (χ0v) is 17.0.